The zero-order chi connectivity index (χ0) is 15.9. The van der Waals surface area contributed by atoms with Gasteiger partial charge in [-0.05, 0) is 37.8 Å². The minimum absolute atomic E-state index is 0.0357. The third kappa shape index (κ3) is 2.13. The summed E-state index contributed by atoms with van der Waals surface area (Å²) in [6.07, 6.45) is 1.17. The molecule has 0 aliphatic heterocycles. The number of fused-ring (bicyclic) bond motifs is 1. The van der Waals surface area contributed by atoms with Gasteiger partial charge in [-0.3, -0.25) is 9.59 Å². The van der Waals surface area contributed by atoms with Crippen LogP contribution in [-0.4, -0.2) is 16.9 Å². The van der Waals surface area contributed by atoms with Crippen LogP contribution in [0.4, 0.5) is 0 Å². The van der Waals surface area contributed by atoms with Crippen molar-refractivity contribution in [2.24, 2.45) is 0 Å². The molecule has 2 aromatic rings. The monoisotopic (exact) mass is 294 g/mol. The van der Waals surface area contributed by atoms with Gasteiger partial charge in [0, 0.05) is 11.1 Å². The molecule has 1 atom stereocenters. The molecule has 1 aliphatic carbocycles. The van der Waals surface area contributed by atoms with Crippen LogP contribution in [0, 0.1) is 6.92 Å². The molecular formula is C19H18O3. The lowest BCUT2D eigenvalue weighted by Gasteiger charge is -2.19. The third-order valence-corrected chi connectivity index (χ3v) is 4.68. The lowest BCUT2D eigenvalue weighted by molar-refractivity contribution is -0.143. The van der Waals surface area contributed by atoms with E-state index < -0.39 is 11.4 Å². The maximum absolute atomic E-state index is 12.8. The number of rotatable bonds is 3. The Morgan fingerprint density at radius 2 is 1.77 bits per heavy atom. The highest BCUT2D eigenvalue weighted by Crippen LogP contribution is 2.40. The lowest BCUT2D eigenvalue weighted by Crippen LogP contribution is -2.29. The van der Waals surface area contributed by atoms with E-state index in [1.54, 1.807) is 19.1 Å². The van der Waals surface area contributed by atoms with Crippen molar-refractivity contribution in [2.45, 2.75) is 32.1 Å². The van der Waals surface area contributed by atoms with Gasteiger partial charge in [-0.15, -0.1) is 0 Å². The summed E-state index contributed by atoms with van der Waals surface area (Å²) in [6.45, 7) is 3.72. The molecular weight excluding hydrogens is 276 g/mol. The zero-order valence-corrected chi connectivity index (χ0v) is 12.7. The summed E-state index contributed by atoms with van der Waals surface area (Å²) in [4.78, 5) is 24.3. The fourth-order valence-corrected chi connectivity index (χ4v) is 3.18. The van der Waals surface area contributed by atoms with Crippen molar-refractivity contribution in [1.82, 2.24) is 0 Å². The summed E-state index contributed by atoms with van der Waals surface area (Å²) in [5.74, 6) is -0.863. The molecule has 22 heavy (non-hydrogen) atoms. The maximum atomic E-state index is 12.8. The van der Waals surface area contributed by atoms with Gasteiger partial charge in [0.2, 0.25) is 0 Å². The summed E-state index contributed by atoms with van der Waals surface area (Å²) in [5.41, 5.74) is 3.15. The fraction of sp³-hybridized carbons (Fsp3) is 0.263. The van der Waals surface area contributed by atoms with E-state index in [0.29, 0.717) is 24.0 Å². The van der Waals surface area contributed by atoms with E-state index >= 15 is 0 Å². The van der Waals surface area contributed by atoms with Gasteiger partial charge in [0.1, 0.15) is 0 Å². The smallest absolute Gasteiger partial charge is 0.313 e. The largest absolute Gasteiger partial charge is 0.481 e. The highest BCUT2D eigenvalue weighted by molar-refractivity contribution is 6.10. The Bertz CT molecular complexity index is 759. The Hall–Kier alpha value is -2.42. The van der Waals surface area contributed by atoms with Crippen LogP contribution in [-0.2, 0) is 16.6 Å². The average Bonchev–Trinajstić information content (AvgIpc) is 2.86. The Morgan fingerprint density at radius 1 is 1.09 bits per heavy atom. The molecule has 0 fully saturated rings. The van der Waals surface area contributed by atoms with Gasteiger partial charge in [0.15, 0.2) is 5.78 Å². The van der Waals surface area contributed by atoms with Gasteiger partial charge in [-0.2, -0.15) is 0 Å². The molecule has 3 nitrogen and oxygen atoms in total. The minimum Gasteiger partial charge on any atom is -0.481 e. The molecule has 2 aromatic carbocycles. The van der Waals surface area contributed by atoms with Crippen LogP contribution in [0.3, 0.4) is 0 Å². The van der Waals surface area contributed by atoms with Gasteiger partial charge in [-0.25, -0.2) is 0 Å². The molecule has 3 rings (SSSR count). The highest BCUT2D eigenvalue weighted by atomic mass is 16.4. The molecule has 0 aromatic heterocycles. The SMILES string of the molecule is Cc1ccc(C(=O)c2cccc3c2CCC3(C)C(=O)O)cc1. The third-order valence-electron chi connectivity index (χ3n) is 4.68. The van der Waals surface area contributed by atoms with Crippen LogP contribution in [0.25, 0.3) is 0 Å². The second-order valence-electron chi connectivity index (χ2n) is 6.16. The van der Waals surface area contributed by atoms with Crippen molar-refractivity contribution in [1.29, 1.82) is 0 Å². The molecule has 0 saturated heterocycles. The maximum Gasteiger partial charge on any atom is 0.313 e. The van der Waals surface area contributed by atoms with Crippen LogP contribution in [0.5, 0.6) is 0 Å². The van der Waals surface area contributed by atoms with Gasteiger partial charge < -0.3 is 5.11 Å². The molecule has 1 aliphatic rings. The molecule has 0 bridgehead atoms. The van der Waals surface area contributed by atoms with Gasteiger partial charge in [0.25, 0.3) is 0 Å². The summed E-state index contributed by atoms with van der Waals surface area (Å²) >= 11 is 0. The number of carboxylic acid groups (broad SMARTS) is 1. The summed E-state index contributed by atoms with van der Waals surface area (Å²) in [6, 6.07) is 12.9. The number of hydrogen-bond donors (Lipinski definition) is 1. The number of hydrogen-bond acceptors (Lipinski definition) is 2. The van der Waals surface area contributed by atoms with Gasteiger partial charge in [0.05, 0.1) is 5.41 Å². The van der Waals surface area contributed by atoms with E-state index in [0.717, 1.165) is 16.7 Å². The van der Waals surface area contributed by atoms with Gasteiger partial charge >= 0.3 is 5.97 Å². The molecule has 3 heteroatoms. The molecule has 112 valence electrons. The molecule has 0 heterocycles. The molecule has 0 spiro atoms. The van der Waals surface area contributed by atoms with E-state index in [4.69, 9.17) is 0 Å². The summed E-state index contributed by atoms with van der Waals surface area (Å²) < 4.78 is 0. The number of aliphatic carboxylic acids is 1. The number of carbonyl (C=O) groups excluding carboxylic acids is 1. The van der Waals surface area contributed by atoms with E-state index in [1.165, 1.54) is 0 Å². The Balaban J connectivity index is 2.08. The van der Waals surface area contributed by atoms with Crippen molar-refractivity contribution < 1.29 is 14.7 Å². The first-order chi connectivity index (χ1) is 10.4. The van der Waals surface area contributed by atoms with Gasteiger partial charge in [-0.1, -0.05) is 48.0 Å². The molecule has 1 N–H and O–H groups in total. The molecule has 0 amide bonds. The molecule has 0 saturated carbocycles. The number of aryl methyl sites for hydroxylation is 1. The van der Waals surface area contributed by atoms with E-state index in [9.17, 15) is 14.7 Å². The molecule has 0 radical (unpaired) electrons. The van der Waals surface area contributed by atoms with E-state index in [1.807, 2.05) is 37.3 Å². The van der Waals surface area contributed by atoms with Crippen LogP contribution in [0.2, 0.25) is 0 Å². The average molecular weight is 294 g/mol. The van der Waals surface area contributed by atoms with Crippen LogP contribution in [0.1, 0.15) is 46.0 Å². The van der Waals surface area contributed by atoms with Crippen LogP contribution in [0.15, 0.2) is 42.5 Å². The van der Waals surface area contributed by atoms with Crippen molar-refractivity contribution >= 4 is 11.8 Å². The topological polar surface area (TPSA) is 54.4 Å². The number of carbonyl (C=O) groups is 2. The fourth-order valence-electron chi connectivity index (χ4n) is 3.18. The Labute approximate surface area is 129 Å². The zero-order valence-electron chi connectivity index (χ0n) is 12.7. The number of benzene rings is 2. The normalized spacial score (nSPS) is 19.7. The number of ketones is 1. The lowest BCUT2D eigenvalue weighted by atomic mass is 9.83. The molecule has 1 unspecified atom stereocenters. The first-order valence-electron chi connectivity index (χ1n) is 7.40. The first kappa shape index (κ1) is 14.5. The van der Waals surface area contributed by atoms with E-state index in [2.05, 4.69) is 0 Å². The van der Waals surface area contributed by atoms with Crippen molar-refractivity contribution in [2.75, 3.05) is 0 Å². The van der Waals surface area contributed by atoms with Crippen LogP contribution >= 0.6 is 0 Å². The predicted molar refractivity (Wildman–Crippen MR) is 84.4 cm³/mol. The second-order valence-corrected chi connectivity index (χ2v) is 6.16. The van der Waals surface area contributed by atoms with Crippen molar-refractivity contribution in [3.63, 3.8) is 0 Å². The van der Waals surface area contributed by atoms with Crippen molar-refractivity contribution in [3.05, 3.63) is 70.3 Å². The second kappa shape index (κ2) is 5.09. The highest BCUT2D eigenvalue weighted by Gasteiger charge is 2.42. The first-order valence-corrected chi connectivity index (χ1v) is 7.40. The van der Waals surface area contributed by atoms with Crippen molar-refractivity contribution in [3.8, 4) is 0 Å². The van der Waals surface area contributed by atoms with E-state index in [-0.39, 0.29) is 5.78 Å². The quantitative estimate of drug-likeness (QED) is 0.881. The minimum atomic E-state index is -0.890. The summed E-state index contributed by atoms with van der Waals surface area (Å²) in [5, 5.41) is 9.51. The Kier molecular flexibility index (Phi) is 3.36. The Morgan fingerprint density at radius 3 is 2.41 bits per heavy atom. The summed E-state index contributed by atoms with van der Waals surface area (Å²) in [7, 11) is 0. The predicted octanol–water partition coefficient (Wildman–Crippen LogP) is 3.51. The number of carboxylic acids is 1. The van der Waals surface area contributed by atoms with Crippen LogP contribution < -0.4 is 0 Å². The standard InChI is InChI=1S/C19H18O3/c1-12-6-8-13(9-7-12)17(20)15-4-3-5-16-14(15)10-11-19(16,2)18(21)22/h3-9H,10-11H2,1-2H3,(H,21,22).